The zero-order chi connectivity index (χ0) is 19.7. The summed E-state index contributed by atoms with van der Waals surface area (Å²) < 4.78 is 37.8. The van der Waals surface area contributed by atoms with E-state index in [-0.39, 0.29) is 31.3 Å². The van der Waals surface area contributed by atoms with E-state index in [2.05, 4.69) is 16.3 Å². The molecule has 0 radical (unpaired) electrons. The van der Waals surface area contributed by atoms with Gasteiger partial charge in [0.2, 0.25) is 0 Å². The monoisotopic (exact) mass is 407 g/mol. The molecule has 0 unspecified atom stereocenters. The molecular formula is C20H25NO6S. The van der Waals surface area contributed by atoms with Gasteiger partial charge in [-0.2, -0.15) is 8.42 Å². The summed E-state index contributed by atoms with van der Waals surface area (Å²) in [5.74, 6) is 1.68. The van der Waals surface area contributed by atoms with Crippen molar-refractivity contribution in [3.63, 3.8) is 0 Å². The fraction of sp³-hybridized carbons (Fsp3) is 0.550. The van der Waals surface area contributed by atoms with Gasteiger partial charge in [0.05, 0.1) is 25.6 Å². The van der Waals surface area contributed by atoms with Gasteiger partial charge in [0.25, 0.3) is 16.0 Å². The average Bonchev–Trinajstić information content (AvgIpc) is 3.40. The maximum Gasteiger partial charge on any atom is 0.289 e. The first-order chi connectivity index (χ1) is 13.4. The van der Waals surface area contributed by atoms with Crippen LogP contribution < -0.4 is 4.74 Å². The number of carbonyl (C=O) groups is 1. The van der Waals surface area contributed by atoms with Gasteiger partial charge in [-0.25, -0.2) is 0 Å². The quantitative estimate of drug-likeness (QED) is 0.461. The van der Waals surface area contributed by atoms with Crippen LogP contribution in [0.25, 0.3) is 0 Å². The van der Waals surface area contributed by atoms with Crippen molar-refractivity contribution in [2.75, 3.05) is 26.0 Å². The minimum atomic E-state index is -3.43. The van der Waals surface area contributed by atoms with Crippen molar-refractivity contribution >= 4 is 16.0 Å². The van der Waals surface area contributed by atoms with Crippen molar-refractivity contribution in [1.29, 1.82) is 0 Å². The number of hydrogen-bond donors (Lipinski definition) is 0. The second-order valence-electron chi connectivity index (χ2n) is 7.62. The Bertz CT molecular complexity index is 853. The van der Waals surface area contributed by atoms with Crippen LogP contribution in [0, 0.1) is 0 Å². The standard InChI is InChI=1S/C20H25NO6S/c1-28(23,24)26-11-10-25-18-12-16(13-18)21-9-8-19(20(21)22)27-17-6-4-15(5-7-17)14-2-3-14/h4-8,14,16,18H,2-3,9-13H2,1H3. The normalized spacial score (nSPS) is 24.8. The van der Waals surface area contributed by atoms with E-state index in [9.17, 15) is 13.2 Å². The smallest absolute Gasteiger partial charge is 0.289 e. The highest BCUT2D eigenvalue weighted by Crippen LogP contribution is 2.40. The molecule has 1 heterocycles. The topological polar surface area (TPSA) is 82.1 Å². The number of hydrogen-bond acceptors (Lipinski definition) is 6. The third-order valence-electron chi connectivity index (χ3n) is 5.35. The Morgan fingerprint density at radius 2 is 1.82 bits per heavy atom. The molecule has 0 atom stereocenters. The summed E-state index contributed by atoms with van der Waals surface area (Å²) in [6.45, 7) is 0.784. The molecule has 8 heteroatoms. The van der Waals surface area contributed by atoms with Crippen LogP contribution in [0.4, 0.5) is 0 Å². The Hall–Kier alpha value is -1.90. The molecule has 0 spiro atoms. The Labute approximate surface area is 165 Å². The van der Waals surface area contributed by atoms with Gasteiger partial charge >= 0.3 is 0 Å². The van der Waals surface area contributed by atoms with Gasteiger partial charge < -0.3 is 14.4 Å². The van der Waals surface area contributed by atoms with Crippen molar-refractivity contribution in [2.45, 2.75) is 43.7 Å². The fourth-order valence-corrected chi connectivity index (χ4v) is 3.94. The molecule has 28 heavy (non-hydrogen) atoms. The molecule has 2 saturated carbocycles. The van der Waals surface area contributed by atoms with Crippen LogP contribution in [0.15, 0.2) is 36.1 Å². The van der Waals surface area contributed by atoms with Crippen molar-refractivity contribution in [3.05, 3.63) is 41.7 Å². The summed E-state index contributed by atoms with van der Waals surface area (Å²) in [6, 6.07) is 8.13. The number of nitrogens with zero attached hydrogens (tertiary/aromatic N) is 1. The molecule has 0 N–H and O–H groups in total. The van der Waals surface area contributed by atoms with Crippen molar-refractivity contribution in [1.82, 2.24) is 4.90 Å². The van der Waals surface area contributed by atoms with E-state index < -0.39 is 10.1 Å². The molecule has 3 aliphatic rings. The Kier molecular flexibility index (Phi) is 5.44. The number of carbonyl (C=O) groups excluding carboxylic acids is 1. The van der Waals surface area contributed by atoms with Crippen LogP contribution in [-0.2, 0) is 23.8 Å². The summed E-state index contributed by atoms with van der Waals surface area (Å²) in [6.07, 6.45) is 6.86. The third-order valence-corrected chi connectivity index (χ3v) is 5.94. The van der Waals surface area contributed by atoms with Crippen LogP contribution in [0.2, 0.25) is 0 Å². The van der Waals surface area contributed by atoms with E-state index in [1.807, 2.05) is 18.2 Å². The van der Waals surface area contributed by atoms with Gasteiger partial charge in [-0.15, -0.1) is 0 Å². The second-order valence-corrected chi connectivity index (χ2v) is 9.26. The first-order valence-corrected chi connectivity index (χ1v) is 11.5. The zero-order valence-corrected chi connectivity index (χ0v) is 16.7. The number of benzene rings is 1. The molecule has 152 valence electrons. The molecular weight excluding hydrogens is 382 g/mol. The first kappa shape index (κ1) is 19.4. The molecule has 7 nitrogen and oxygen atoms in total. The SMILES string of the molecule is CS(=O)(=O)OCCOC1CC(N2CC=C(Oc3ccc(C4CC4)cc3)C2=O)C1. The van der Waals surface area contributed by atoms with Crippen LogP contribution in [0.5, 0.6) is 5.75 Å². The summed E-state index contributed by atoms with van der Waals surface area (Å²) in [7, 11) is -3.43. The van der Waals surface area contributed by atoms with Crippen LogP contribution in [0.1, 0.15) is 37.2 Å². The van der Waals surface area contributed by atoms with Crippen LogP contribution in [-0.4, -0.2) is 57.4 Å². The van der Waals surface area contributed by atoms with E-state index in [4.69, 9.17) is 9.47 Å². The predicted molar refractivity (Wildman–Crippen MR) is 102 cm³/mol. The Morgan fingerprint density at radius 1 is 1.11 bits per heavy atom. The maximum absolute atomic E-state index is 12.6. The van der Waals surface area contributed by atoms with Gasteiger partial charge in [0, 0.05) is 12.6 Å². The molecule has 4 rings (SSSR count). The fourth-order valence-electron chi connectivity index (χ4n) is 3.57. The van der Waals surface area contributed by atoms with Crippen molar-refractivity contribution < 1.29 is 26.9 Å². The largest absolute Gasteiger partial charge is 0.452 e. The Morgan fingerprint density at radius 3 is 2.46 bits per heavy atom. The van der Waals surface area contributed by atoms with Gasteiger partial charge in [0.1, 0.15) is 5.75 Å². The number of amides is 1. The lowest BCUT2D eigenvalue weighted by Gasteiger charge is -2.40. The van der Waals surface area contributed by atoms with E-state index in [0.717, 1.165) is 19.1 Å². The molecule has 0 saturated heterocycles. The molecule has 2 aliphatic carbocycles. The molecule has 1 aliphatic heterocycles. The Balaban J connectivity index is 1.19. The molecule has 0 aromatic heterocycles. The minimum Gasteiger partial charge on any atom is -0.452 e. The highest BCUT2D eigenvalue weighted by Gasteiger charge is 2.40. The highest BCUT2D eigenvalue weighted by atomic mass is 32.2. The molecule has 0 bridgehead atoms. The first-order valence-electron chi connectivity index (χ1n) is 9.64. The zero-order valence-electron chi connectivity index (χ0n) is 15.9. The van der Waals surface area contributed by atoms with Gasteiger partial charge in [-0.1, -0.05) is 12.1 Å². The lowest BCUT2D eigenvalue weighted by Crippen LogP contribution is -2.49. The van der Waals surface area contributed by atoms with Crippen LogP contribution in [0.3, 0.4) is 0 Å². The number of ether oxygens (including phenoxy) is 2. The molecule has 2 fully saturated rings. The highest BCUT2D eigenvalue weighted by molar-refractivity contribution is 7.85. The molecule has 1 amide bonds. The third kappa shape index (κ3) is 4.74. The minimum absolute atomic E-state index is 0.0156. The van der Waals surface area contributed by atoms with Crippen LogP contribution >= 0.6 is 0 Å². The predicted octanol–water partition coefficient (Wildman–Crippen LogP) is 2.19. The lowest BCUT2D eigenvalue weighted by molar-refractivity contribution is -0.135. The van der Waals surface area contributed by atoms with Gasteiger partial charge in [-0.3, -0.25) is 8.98 Å². The second kappa shape index (κ2) is 7.85. The summed E-state index contributed by atoms with van der Waals surface area (Å²) in [5.41, 5.74) is 1.34. The molecule has 1 aromatic carbocycles. The number of rotatable bonds is 9. The van der Waals surface area contributed by atoms with E-state index >= 15 is 0 Å². The summed E-state index contributed by atoms with van der Waals surface area (Å²) >= 11 is 0. The summed E-state index contributed by atoms with van der Waals surface area (Å²) in [5, 5.41) is 0. The van der Waals surface area contributed by atoms with Crippen molar-refractivity contribution in [2.24, 2.45) is 0 Å². The van der Waals surface area contributed by atoms with E-state index in [1.54, 1.807) is 4.90 Å². The van der Waals surface area contributed by atoms with Gasteiger partial charge in [-0.05, 0) is 55.4 Å². The summed E-state index contributed by atoms with van der Waals surface area (Å²) in [4.78, 5) is 14.4. The van der Waals surface area contributed by atoms with E-state index in [0.29, 0.717) is 24.0 Å². The molecule has 1 aromatic rings. The van der Waals surface area contributed by atoms with Gasteiger partial charge in [0.15, 0.2) is 5.76 Å². The average molecular weight is 407 g/mol. The van der Waals surface area contributed by atoms with E-state index in [1.165, 1.54) is 18.4 Å². The van der Waals surface area contributed by atoms with Crippen molar-refractivity contribution in [3.8, 4) is 5.75 Å². The lowest BCUT2D eigenvalue weighted by atomic mass is 9.88. The maximum atomic E-state index is 12.6.